The third-order valence-corrected chi connectivity index (χ3v) is 3.48. The van der Waals surface area contributed by atoms with E-state index in [1.807, 2.05) is 6.07 Å². The molecule has 0 spiro atoms. The summed E-state index contributed by atoms with van der Waals surface area (Å²) in [7, 11) is 1.60. The van der Waals surface area contributed by atoms with Crippen molar-refractivity contribution in [2.45, 2.75) is 0 Å². The van der Waals surface area contributed by atoms with Gasteiger partial charge in [0.1, 0.15) is 12.4 Å². The Morgan fingerprint density at radius 3 is 2.67 bits per heavy atom. The van der Waals surface area contributed by atoms with Crippen molar-refractivity contribution in [2.24, 2.45) is 0 Å². The minimum Gasteiger partial charge on any atom is -0.490 e. The number of ketones is 1. The summed E-state index contributed by atoms with van der Waals surface area (Å²) in [6.45, 7) is 0.852. The van der Waals surface area contributed by atoms with Crippen LogP contribution in [0.5, 0.6) is 5.75 Å². The second-order valence-corrected chi connectivity index (χ2v) is 5.68. The minimum atomic E-state index is -0.133. The van der Waals surface area contributed by atoms with Gasteiger partial charge in [-0.2, -0.15) is 0 Å². The predicted molar refractivity (Wildman–Crippen MR) is 86.4 cm³/mol. The average Bonchev–Trinajstić information content (AvgIpc) is 2.46. The van der Waals surface area contributed by atoms with Crippen molar-refractivity contribution in [3.8, 4) is 5.75 Å². The number of benzene rings is 2. The summed E-state index contributed by atoms with van der Waals surface area (Å²) >= 11 is 9.33. The summed E-state index contributed by atoms with van der Waals surface area (Å²) in [6.07, 6.45) is 0. The van der Waals surface area contributed by atoms with Gasteiger partial charge in [-0.05, 0) is 30.3 Å². The quantitative estimate of drug-likeness (QED) is 0.560. The zero-order valence-electron chi connectivity index (χ0n) is 11.4. The molecule has 0 heterocycles. The molecule has 0 fully saturated rings. The molecular formula is C16H14BrClO3. The molecule has 0 N–H and O–H groups in total. The third kappa shape index (κ3) is 4.30. The topological polar surface area (TPSA) is 35.5 Å². The molecule has 0 amide bonds. The maximum absolute atomic E-state index is 12.6. The molecule has 0 atom stereocenters. The van der Waals surface area contributed by atoms with Crippen LogP contribution in [0, 0.1) is 0 Å². The van der Waals surface area contributed by atoms with Gasteiger partial charge in [0.05, 0.1) is 12.2 Å². The molecule has 5 heteroatoms. The van der Waals surface area contributed by atoms with Crippen molar-refractivity contribution >= 4 is 33.3 Å². The van der Waals surface area contributed by atoms with Crippen molar-refractivity contribution in [3.63, 3.8) is 0 Å². The molecule has 110 valence electrons. The van der Waals surface area contributed by atoms with E-state index in [4.69, 9.17) is 21.1 Å². The van der Waals surface area contributed by atoms with Crippen LogP contribution in [-0.4, -0.2) is 26.1 Å². The Hall–Kier alpha value is -1.36. The maximum Gasteiger partial charge on any atom is 0.196 e. The van der Waals surface area contributed by atoms with Crippen LogP contribution in [0.1, 0.15) is 15.9 Å². The van der Waals surface area contributed by atoms with E-state index in [-0.39, 0.29) is 5.78 Å². The summed E-state index contributed by atoms with van der Waals surface area (Å²) in [5.74, 6) is 0.405. The minimum absolute atomic E-state index is 0.133. The molecule has 21 heavy (non-hydrogen) atoms. The molecule has 0 radical (unpaired) electrons. The van der Waals surface area contributed by atoms with Crippen LogP contribution >= 0.6 is 27.5 Å². The molecule has 0 bridgehead atoms. The first-order valence-corrected chi connectivity index (χ1v) is 7.50. The Labute approximate surface area is 137 Å². The van der Waals surface area contributed by atoms with Crippen LogP contribution in [0.3, 0.4) is 0 Å². The first-order valence-electron chi connectivity index (χ1n) is 6.33. The molecule has 2 aromatic carbocycles. The predicted octanol–water partition coefficient (Wildman–Crippen LogP) is 4.36. The summed E-state index contributed by atoms with van der Waals surface area (Å²) < 4.78 is 11.3. The van der Waals surface area contributed by atoms with E-state index in [0.717, 1.165) is 4.47 Å². The molecular weight excluding hydrogens is 356 g/mol. The Kier molecular flexibility index (Phi) is 5.79. The number of ether oxygens (including phenoxy) is 2. The van der Waals surface area contributed by atoms with Crippen molar-refractivity contribution in [1.29, 1.82) is 0 Å². The van der Waals surface area contributed by atoms with E-state index in [0.29, 0.717) is 35.1 Å². The van der Waals surface area contributed by atoms with E-state index >= 15 is 0 Å². The Bertz CT molecular complexity index is 623. The fourth-order valence-corrected chi connectivity index (χ4v) is 2.72. The Balaban J connectivity index is 2.30. The van der Waals surface area contributed by atoms with Crippen molar-refractivity contribution < 1.29 is 14.3 Å². The van der Waals surface area contributed by atoms with Gasteiger partial charge >= 0.3 is 0 Å². The highest BCUT2D eigenvalue weighted by Crippen LogP contribution is 2.25. The number of carbonyl (C=O) groups excluding carboxylic acids is 1. The maximum atomic E-state index is 12.6. The second-order valence-electron chi connectivity index (χ2n) is 4.32. The summed E-state index contributed by atoms with van der Waals surface area (Å²) in [5.41, 5.74) is 1.01. The molecule has 0 aliphatic heterocycles. The lowest BCUT2D eigenvalue weighted by Gasteiger charge is -2.11. The third-order valence-electron chi connectivity index (χ3n) is 2.80. The lowest BCUT2D eigenvalue weighted by Crippen LogP contribution is -2.09. The van der Waals surface area contributed by atoms with Crippen molar-refractivity contribution in [3.05, 3.63) is 63.1 Å². The second kappa shape index (κ2) is 7.59. The number of methoxy groups -OCH3 is 1. The number of rotatable bonds is 6. The van der Waals surface area contributed by atoms with E-state index < -0.39 is 0 Å². The van der Waals surface area contributed by atoms with Gasteiger partial charge in [-0.15, -0.1) is 0 Å². The van der Waals surface area contributed by atoms with Gasteiger partial charge in [0.15, 0.2) is 5.78 Å². The number of hydrogen-bond donors (Lipinski definition) is 0. The molecule has 2 aromatic rings. The molecule has 0 saturated heterocycles. The van der Waals surface area contributed by atoms with Gasteiger partial charge in [-0.25, -0.2) is 0 Å². The average molecular weight is 370 g/mol. The first-order chi connectivity index (χ1) is 10.1. The zero-order chi connectivity index (χ0) is 15.2. The van der Waals surface area contributed by atoms with Crippen LogP contribution < -0.4 is 4.74 Å². The van der Waals surface area contributed by atoms with Gasteiger partial charge in [0, 0.05) is 22.2 Å². The van der Waals surface area contributed by atoms with Gasteiger partial charge in [-0.3, -0.25) is 4.79 Å². The molecule has 0 aliphatic carbocycles. The van der Waals surface area contributed by atoms with Crippen molar-refractivity contribution in [1.82, 2.24) is 0 Å². The lowest BCUT2D eigenvalue weighted by molar-refractivity contribution is 0.103. The summed E-state index contributed by atoms with van der Waals surface area (Å²) in [5, 5.41) is 0.505. The highest BCUT2D eigenvalue weighted by molar-refractivity contribution is 9.10. The fraction of sp³-hybridized carbons (Fsp3) is 0.188. The zero-order valence-corrected chi connectivity index (χ0v) is 13.8. The highest BCUT2D eigenvalue weighted by Gasteiger charge is 2.15. The molecule has 0 unspecified atom stereocenters. The van der Waals surface area contributed by atoms with Gasteiger partial charge in [-0.1, -0.05) is 39.7 Å². The standard InChI is InChI=1S/C16H14BrClO3/c1-20-6-7-21-15-5-3-2-4-14(15)16(19)11-8-12(17)10-13(18)9-11/h2-5,8-10H,6-7H2,1H3. The van der Waals surface area contributed by atoms with Crippen LogP contribution in [0.15, 0.2) is 46.9 Å². The largest absolute Gasteiger partial charge is 0.490 e. The monoisotopic (exact) mass is 368 g/mol. The molecule has 0 saturated carbocycles. The first kappa shape index (κ1) is 16.0. The highest BCUT2D eigenvalue weighted by atomic mass is 79.9. The van der Waals surface area contributed by atoms with Crippen LogP contribution in [0.2, 0.25) is 5.02 Å². The van der Waals surface area contributed by atoms with Gasteiger partial charge < -0.3 is 9.47 Å². The number of para-hydroxylation sites is 1. The van der Waals surface area contributed by atoms with E-state index in [2.05, 4.69) is 15.9 Å². The van der Waals surface area contributed by atoms with Crippen LogP contribution in [0.25, 0.3) is 0 Å². The number of halogens is 2. The van der Waals surface area contributed by atoms with Crippen LogP contribution in [0.4, 0.5) is 0 Å². The van der Waals surface area contributed by atoms with Crippen molar-refractivity contribution in [2.75, 3.05) is 20.3 Å². The summed E-state index contributed by atoms with van der Waals surface area (Å²) in [6, 6.07) is 12.2. The lowest BCUT2D eigenvalue weighted by atomic mass is 10.0. The van der Waals surface area contributed by atoms with E-state index in [1.54, 1.807) is 43.5 Å². The Morgan fingerprint density at radius 2 is 1.95 bits per heavy atom. The van der Waals surface area contributed by atoms with Gasteiger partial charge in [0.2, 0.25) is 0 Å². The fourth-order valence-electron chi connectivity index (χ4n) is 1.86. The van der Waals surface area contributed by atoms with E-state index in [9.17, 15) is 4.79 Å². The summed E-state index contributed by atoms with van der Waals surface area (Å²) in [4.78, 5) is 12.6. The molecule has 3 nitrogen and oxygen atoms in total. The number of carbonyl (C=O) groups is 1. The smallest absolute Gasteiger partial charge is 0.196 e. The van der Waals surface area contributed by atoms with E-state index in [1.165, 1.54) is 0 Å². The van der Waals surface area contributed by atoms with Gasteiger partial charge in [0.25, 0.3) is 0 Å². The molecule has 2 rings (SSSR count). The number of hydrogen-bond acceptors (Lipinski definition) is 3. The molecule has 0 aromatic heterocycles. The molecule has 0 aliphatic rings. The SMILES string of the molecule is COCCOc1ccccc1C(=O)c1cc(Cl)cc(Br)c1. The van der Waals surface area contributed by atoms with Crippen LogP contribution in [-0.2, 0) is 4.74 Å². The normalized spacial score (nSPS) is 10.4. The Morgan fingerprint density at radius 1 is 1.19 bits per heavy atom.